The fraction of sp³-hybridized carbons (Fsp3) is 0.765. The van der Waals surface area contributed by atoms with Crippen LogP contribution < -0.4 is 0 Å². The van der Waals surface area contributed by atoms with E-state index in [0.717, 1.165) is 24.2 Å². The molecule has 6 nitrogen and oxygen atoms in total. The van der Waals surface area contributed by atoms with E-state index in [1.165, 1.54) is 25.7 Å². The SMILES string of the molecule is CCCCCCCCCC(=O)CC(=O)N1C(=O)CCC1C(=O)O. The summed E-state index contributed by atoms with van der Waals surface area (Å²) in [6, 6.07) is -1.11. The van der Waals surface area contributed by atoms with Crippen LogP contribution in [0.15, 0.2) is 0 Å². The lowest BCUT2D eigenvalue weighted by molar-refractivity contribution is -0.154. The average Bonchev–Trinajstić information content (AvgIpc) is 2.88. The molecule has 0 radical (unpaired) electrons. The van der Waals surface area contributed by atoms with Gasteiger partial charge in [0, 0.05) is 12.8 Å². The number of hydrogen-bond acceptors (Lipinski definition) is 4. The lowest BCUT2D eigenvalue weighted by atomic mass is 10.1. The number of carboxylic acid groups (broad SMARTS) is 1. The fourth-order valence-corrected chi connectivity index (χ4v) is 2.85. The van der Waals surface area contributed by atoms with Crippen LogP contribution in [0.3, 0.4) is 0 Å². The smallest absolute Gasteiger partial charge is 0.326 e. The topological polar surface area (TPSA) is 91.8 Å². The van der Waals surface area contributed by atoms with Crippen LogP contribution in [0.4, 0.5) is 0 Å². The molecule has 6 heteroatoms. The van der Waals surface area contributed by atoms with Gasteiger partial charge in [0.05, 0.1) is 6.42 Å². The maximum Gasteiger partial charge on any atom is 0.326 e. The van der Waals surface area contributed by atoms with Crippen LogP contribution in [-0.2, 0) is 19.2 Å². The maximum absolute atomic E-state index is 12.0. The Morgan fingerprint density at radius 1 is 1.09 bits per heavy atom. The number of unbranched alkanes of at least 4 members (excludes halogenated alkanes) is 6. The molecular weight excluding hydrogens is 298 g/mol. The highest BCUT2D eigenvalue weighted by atomic mass is 16.4. The zero-order valence-corrected chi connectivity index (χ0v) is 13.9. The molecule has 1 N–H and O–H groups in total. The van der Waals surface area contributed by atoms with Crippen LogP contribution in [0, 0.1) is 0 Å². The number of carbonyl (C=O) groups is 4. The molecule has 0 spiro atoms. The van der Waals surface area contributed by atoms with Crippen molar-refractivity contribution in [3.63, 3.8) is 0 Å². The van der Waals surface area contributed by atoms with Gasteiger partial charge in [-0.3, -0.25) is 19.3 Å². The molecule has 1 saturated heterocycles. The zero-order valence-electron chi connectivity index (χ0n) is 13.9. The summed E-state index contributed by atoms with van der Waals surface area (Å²) in [6.07, 6.45) is 7.76. The van der Waals surface area contributed by atoms with E-state index in [4.69, 9.17) is 5.11 Å². The molecule has 0 aromatic carbocycles. The Morgan fingerprint density at radius 2 is 1.70 bits per heavy atom. The number of nitrogens with zero attached hydrogens (tertiary/aromatic N) is 1. The lowest BCUT2D eigenvalue weighted by Gasteiger charge is -2.19. The molecular formula is C17H27NO5. The van der Waals surface area contributed by atoms with Gasteiger partial charge in [0.15, 0.2) is 0 Å². The largest absolute Gasteiger partial charge is 0.480 e. The molecule has 2 amide bonds. The van der Waals surface area contributed by atoms with Gasteiger partial charge in [-0.25, -0.2) is 4.79 Å². The number of carboxylic acids is 1. The maximum atomic E-state index is 12.0. The predicted octanol–water partition coefficient (Wildman–Crippen LogP) is 2.69. The van der Waals surface area contributed by atoms with Crippen molar-refractivity contribution in [2.24, 2.45) is 0 Å². The molecule has 0 aromatic heterocycles. The standard InChI is InChI=1S/C17H27NO5/c1-2-3-4-5-6-7-8-9-13(19)12-16(21)18-14(17(22)23)10-11-15(18)20/h14H,2-12H2,1H3,(H,22,23). The molecule has 0 aliphatic carbocycles. The number of ketones is 1. The Bertz CT molecular complexity index is 446. The first kappa shape index (κ1) is 19.3. The highest BCUT2D eigenvalue weighted by molar-refractivity contribution is 6.07. The zero-order chi connectivity index (χ0) is 17.2. The van der Waals surface area contributed by atoms with Crippen molar-refractivity contribution in [1.29, 1.82) is 0 Å². The molecule has 1 rings (SSSR count). The quantitative estimate of drug-likeness (QED) is 0.466. The van der Waals surface area contributed by atoms with Gasteiger partial charge < -0.3 is 5.11 Å². The van der Waals surface area contributed by atoms with Crippen LogP contribution >= 0.6 is 0 Å². The summed E-state index contributed by atoms with van der Waals surface area (Å²) in [7, 11) is 0. The number of Topliss-reactive ketones (excluding diaryl/α,β-unsaturated/α-hetero) is 1. The van der Waals surface area contributed by atoms with Gasteiger partial charge in [0.25, 0.3) is 0 Å². The molecule has 1 aliphatic rings. The molecule has 23 heavy (non-hydrogen) atoms. The Balaban J connectivity index is 2.26. The number of rotatable bonds is 11. The van der Waals surface area contributed by atoms with Crippen molar-refractivity contribution in [1.82, 2.24) is 4.90 Å². The van der Waals surface area contributed by atoms with E-state index >= 15 is 0 Å². The number of hydrogen-bond donors (Lipinski definition) is 1. The first-order valence-corrected chi connectivity index (χ1v) is 8.56. The average molecular weight is 325 g/mol. The Hall–Kier alpha value is -1.72. The molecule has 1 unspecified atom stereocenters. The minimum Gasteiger partial charge on any atom is -0.480 e. The van der Waals surface area contributed by atoms with Crippen LogP contribution in [-0.4, -0.2) is 39.6 Å². The number of imide groups is 1. The number of aliphatic carboxylic acids is 1. The van der Waals surface area contributed by atoms with Gasteiger partial charge in [-0.15, -0.1) is 0 Å². The summed E-state index contributed by atoms with van der Waals surface area (Å²) in [6.45, 7) is 2.16. The third-order valence-corrected chi connectivity index (χ3v) is 4.17. The molecule has 1 heterocycles. The minimum atomic E-state index is -1.19. The molecule has 0 bridgehead atoms. The van der Waals surface area contributed by atoms with E-state index in [1.807, 2.05) is 0 Å². The van der Waals surface area contributed by atoms with Crippen molar-refractivity contribution in [3.05, 3.63) is 0 Å². The highest BCUT2D eigenvalue weighted by Crippen LogP contribution is 2.20. The number of carbonyl (C=O) groups excluding carboxylic acids is 3. The Labute approximate surface area is 137 Å². The monoisotopic (exact) mass is 325 g/mol. The fourth-order valence-electron chi connectivity index (χ4n) is 2.85. The lowest BCUT2D eigenvalue weighted by Crippen LogP contribution is -2.43. The van der Waals surface area contributed by atoms with Gasteiger partial charge in [-0.05, 0) is 12.8 Å². The van der Waals surface area contributed by atoms with Crippen LogP contribution in [0.25, 0.3) is 0 Å². The van der Waals surface area contributed by atoms with Crippen molar-refractivity contribution in [2.75, 3.05) is 0 Å². The second kappa shape index (κ2) is 10.1. The molecule has 1 aliphatic heterocycles. The first-order valence-electron chi connectivity index (χ1n) is 8.56. The van der Waals surface area contributed by atoms with Crippen LogP contribution in [0.2, 0.25) is 0 Å². The van der Waals surface area contributed by atoms with Crippen molar-refractivity contribution in [3.8, 4) is 0 Å². The summed E-state index contributed by atoms with van der Waals surface area (Å²) in [5, 5.41) is 9.02. The van der Waals surface area contributed by atoms with E-state index in [9.17, 15) is 19.2 Å². The molecule has 1 atom stereocenters. The van der Waals surface area contributed by atoms with E-state index in [1.54, 1.807) is 0 Å². The highest BCUT2D eigenvalue weighted by Gasteiger charge is 2.40. The second-order valence-electron chi connectivity index (χ2n) is 6.14. The van der Waals surface area contributed by atoms with E-state index < -0.39 is 23.8 Å². The normalized spacial score (nSPS) is 17.5. The van der Waals surface area contributed by atoms with Gasteiger partial charge in [0.2, 0.25) is 11.8 Å². The van der Waals surface area contributed by atoms with E-state index in [-0.39, 0.29) is 25.0 Å². The van der Waals surface area contributed by atoms with Gasteiger partial charge in [0.1, 0.15) is 11.8 Å². The van der Waals surface area contributed by atoms with Crippen LogP contribution in [0.5, 0.6) is 0 Å². The third kappa shape index (κ3) is 6.50. The molecule has 1 fully saturated rings. The number of amides is 2. The third-order valence-electron chi connectivity index (χ3n) is 4.17. The second-order valence-corrected chi connectivity index (χ2v) is 6.14. The summed E-state index contributed by atoms with van der Waals surface area (Å²) in [5.74, 6) is -2.57. The van der Waals surface area contributed by atoms with Crippen molar-refractivity contribution in [2.45, 2.75) is 83.6 Å². The predicted molar refractivity (Wildman–Crippen MR) is 84.7 cm³/mol. The van der Waals surface area contributed by atoms with Crippen molar-refractivity contribution >= 4 is 23.6 Å². The van der Waals surface area contributed by atoms with Gasteiger partial charge >= 0.3 is 5.97 Å². The first-order chi connectivity index (χ1) is 11.0. The molecule has 0 aromatic rings. The molecule has 130 valence electrons. The Kier molecular flexibility index (Phi) is 8.51. The molecule has 0 saturated carbocycles. The van der Waals surface area contributed by atoms with Gasteiger partial charge in [-0.1, -0.05) is 45.4 Å². The summed E-state index contributed by atoms with van der Waals surface area (Å²) >= 11 is 0. The summed E-state index contributed by atoms with van der Waals surface area (Å²) < 4.78 is 0. The Morgan fingerprint density at radius 3 is 2.30 bits per heavy atom. The van der Waals surface area contributed by atoms with Gasteiger partial charge in [-0.2, -0.15) is 0 Å². The van der Waals surface area contributed by atoms with Crippen LogP contribution in [0.1, 0.15) is 77.6 Å². The number of likely N-dealkylation sites (tertiary alicyclic amines) is 1. The summed E-state index contributed by atoms with van der Waals surface area (Å²) in [5.41, 5.74) is 0. The minimum absolute atomic E-state index is 0.0503. The van der Waals surface area contributed by atoms with E-state index in [0.29, 0.717) is 6.42 Å². The van der Waals surface area contributed by atoms with E-state index in [2.05, 4.69) is 6.92 Å². The summed E-state index contributed by atoms with van der Waals surface area (Å²) in [4.78, 5) is 47.3. The van der Waals surface area contributed by atoms with Crippen molar-refractivity contribution < 1.29 is 24.3 Å².